The monoisotopic (exact) mass is 429 g/mol. The summed E-state index contributed by atoms with van der Waals surface area (Å²) in [4.78, 5) is 41.0. The smallest absolute Gasteiger partial charge is 0.410 e. The molecule has 4 rings (SSSR count). The van der Waals surface area contributed by atoms with Crippen molar-refractivity contribution in [3.63, 3.8) is 0 Å². The molecular formula is C23H31N3O5. The summed E-state index contributed by atoms with van der Waals surface area (Å²) in [6.45, 7) is 7.68. The number of nitrogens with one attached hydrogen (secondary N) is 1. The predicted octanol–water partition coefficient (Wildman–Crippen LogP) is 2.77. The first-order chi connectivity index (χ1) is 14.7. The van der Waals surface area contributed by atoms with Gasteiger partial charge in [-0.3, -0.25) is 4.79 Å². The molecule has 3 saturated heterocycles. The van der Waals surface area contributed by atoms with Gasteiger partial charge < -0.3 is 24.6 Å². The molecule has 3 aliphatic heterocycles. The number of fused-ring (bicyclic) bond motifs is 2. The lowest BCUT2D eigenvalue weighted by molar-refractivity contribution is -0.123. The highest BCUT2D eigenvalue weighted by Crippen LogP contribution is 2.44. The molecule has 1 aromatic carbocycles. The van der Waals surface area contributed by atoms with E-state index in [2.05, 4.69) is 5.32 Å². The van der Waals surface area contributed by atoms with Crippen LogP contribution in [0.5, 0.6) is 0 Å². The first-order valence-electron chi connectivity index (χ1n) is 10.9. The highest BCUT2D eigenvalue weighted by Gasteiger charge is 2.58. The quantitative estimate of drug-likeness (QED) is 0.781. The van der Waals surface area contributed by atoms with Gasteiger partial charge in [0.05, 0.1) is 5.92 Å². The zero-order valence-corrected chi connectivity index (χ0v) is 18.4. The van der Waals surface area contributed by atoms with Crippen molar-refractivity contribution in [3.8, 4) is 0 Å². The Morgan fingerprint density at radius 2 is 1.74 bits per heavy atom. The van der Waals surface area contributed by atoms with Crippen LogP contribution in [0.2, 0.25) is 0 Å². The number of nitrogens with zero attached hydrogens (tertiary/aromatic N) is 2. The van der Waals surface area contributed by atoms with E-state index in [-0.39, 0.29) is 42.1 Å². The number of hydrogen-bond acceptors (Lipinski definition) is 5. The number of carbonyl (C=O) groups is 3. The summed E-state index contributed by atoms with van der Waals surface area (Å²) in [5.74, 6) is -0.198. The fourth-order valence-electron chi connectivity index (χ4n) is 4.93. The molecule has 8 nitrogen and oxygen atoms in total. The molecule has 0 bridgehead atoms. The molecule has 1 aromatic rings. The van der Waals surface area contributed by atoms with Gasteiger partial charge in [-0.25, -0.2) is 9.59 Å². The van der Waals surface area contributed by atoms with E-state index in [0.29, 0.717) is 39.0 Å². The molecule has 3 heterocycles. The number of likely N-dealkylation sites (tertiary alicyclic amines) is 2. The number of ether oxygens (including phenoxy) is 2. The molecule has 0 unspecified atom stereocenters. The molecule has 1 spiro atoms. The summed E-state index contributed by atoms with van der Waals surface area (Å²) in [7, 11) is 0. The Morgan fingerprint density at radius 3 is 2.39 bits per heavy atom. The van der Waals surface area contributed by atoms with Gasteiger partial charge in [0, 0.05) is 37.6 Å². The van der Waals surface area contributed by atoms with Crippen molar-refractivity contribution in [2.75, 3.05) is 26.2 Å². The second-order valence-corrected chi connectivity index (χ2v) is 9.77. The topological polar surface area (TPSA) is 88.2 Å². The van der Waals surface area contributed by atoms with E-state index >= 15 is 0 Å². The first kappa shape index (κ1) is 21.5. The molecule has 31 heavy (non-hydrogen) atoms. The molecule has 0 aromatic heterocycles. The van der Waals surface area contributed by atoms with Gasteiger partial charge in [0.2, 0.25) is 5.91 Å². The number of rotatable bonds is 2. The SMILES string of the molecule is CC(C)(C)OC(=O)N1CCC2(CC1)NC(=O)[C@@H]1CN(C(=O)OCc3ccccc3)C[C@@H]12. The normalized spacial score (nSPS) is 24.7. The number of amides is 3. The Hall–Kier alpha value is -2.77. The standard InChI is InChI=1S/C23H31N3O5/c1-22(2,3)31-21(29)25-11-9-23(10-12-25)18-14-26(13-17(18)19(27)24-23)20(28)30-15-16-7-5-4-6-8-16/h4-8,17-18H,9-15H2,1-3H3,(H,24,27)/t17-,18+/m1/s1. The Labute approximate surface area is 182 Å². The third-order valence-electron chi connectivity index (χ3n) is 6.51. The average Bonchev–Trinajstić information content (AvgIpc) is 3.27. The number of hydrogen-bond donors (Lipinski definition) is 1. The molecule has 8 heteroatoms. The van der Waals surface area contributed by atoms with E-state index in [1.165, 1.54) is 0 Å². The minimum Gasteiger partial charge on any atom is -0.445 e. The van der Waals surface area contributed by atoms with Crippen LogP contribution in [0.1, 0.15) is 39.2 Å². The van der Waals surface area contributed by atoms with Crippen LogP contribution in [-0.4, -0.2) is 65.2 Å². The molecule has 0 radical (unpaired) electrons. The van der Waals surface area contributed by atoms with Crippen molar-refractivity contribution in [1.82, 2.24) is 15.1 Å². The third-order valence-corrected chi connectivity index (χ3v) is 6.51. The van der Waals surface area contributed by atoms with Crippen LogP contribution >= 0.6 is 0 Å². The maximum absolute atomic E-state index is 12.7. The van der Waals surface area contributed by atoms with Crippen molar-refractivity contribution in [2.45, 2.75) is 51.4 Å². The van der Waals surface area contributed by atoms with Crippen LogP contribution < -0.4 is 5.32 Å². The number of carbonyl (C=O) groups excluding carboxylic acids is 3. The second kappa shape index (κ2) is 8.05. The van der Waals surface area contributed by atoms with E-state index in [4.69, 9.17) is 9.47 Å². The van der Waals surface area contributed by atoms with Gasteiger partial charge in [-0.2, -0.15) is 0 Å². The Kier molecular flexibility index (Phi) is 5.58. The maximum Gasteiger partial charge on any atom is 0.410 e. The summed E-state index contributed by atoms with van der Waals surface area (Å²) in [5, 5.41) is 3.20. The van der Waals surface area contributed by atoms with Crippen LogP contribution in [0.3, 0.4) is 0 Å². The molecule has 3 aliphatic rings. The second-order valence-electron chi connectivity index (χ2n) is 9.77. The Balaban J connectivity index is 1.35. The van der Waals surface area contributed by atoms with Gasteiger partial charge in [-0.1, -0.05) is 30.3 Å². The number of piperidine rings is 1. The molecule has 2 atom stereocenters. The van der Waals surface area contributed by atoms with Crippen molar-refractivity contribution >= 4 is 18.1 Å². The minimum atomic E-state index is -0.537. The Bertz CT molecular complexity index is 843. The van der Waals surface area contributed by atoms with Crippen LogP contribution in [0, 0.1) is 11.8 Å². The summed E-state index contributed by atoms with van der Waals surface area (Å²) in [6.07, 6.45) is 0.617. The number of benzene rings is 1. The first-order valence-corrected chi connectivity index (χ1v) is 10.9. The van der Waals surface area contributed by atoms with Gasteiger partial charge in [0.1, 0.15) is 12.2 Å². The van der Waals surface area contributed by atoms with Crippen LogP contribution in [0.4, 0.5) is 9.59 Å². The minimum absolute atomic E-state index is 0.00548. The lowest BCUT2D eigenvalue weighted by Gasteiger charge is -2.42. The van der Waals surface area contributed by atoms with E-state index in [0.717, 1.165) is 5.56 Å². The third kappa shape index (κ3) is 4.48. The highest BCUT2D eigenvalue weighted by atomic mass is 16.6. The summed E-state index contributed by atoms with van der Waals surface area (Å²) >= 11 is 0. The van der Waals surface area contributed by atoms with Crippen LogP contribution in [0.15, 0.2) is 30.3 Å². The molecule has 1 N–H and O–H groups in total. The molecular weight excluding hydrogens is 398 g/mol. The fraction of sp³-hybridized carbons (Fsp3) is 0.609. The van der Waals surface area contributed by atoms with Gasteiger partial charge in [0.25, 0.3) is 0 Å². The zero-order chi connectivity index (χ0) is 22.2. The largest absolute Gasteiger partial charge is 0.445 e. The van der Waals surface area contributed by atoms with Crippen molar-refractivity contribution in [1.29, 1.82) is 0 Å². The van der Waals surface area contributed by atoms with Crippen molar-refractivity contribution in [3.05, 3.63) is 35.9 Å². The van der Waals surface area contributed by atoms with Crippen molar-refractivity contribution in [2.24, 2.45) is 11.8 Å². The molecule has 3 fully saturated rings. The molecule has 168 valence electrons. The van der Waals surface area contributed by atoms with Crippen molar-refractivity contribution < 1.29 is 23.9 Å². The van der Waals surface area contributed by atoms with Crippen LogP contribution in [0.25, 0.3) is 0 Å². The van der Waals surface area contributed by atoms with Gasteiger partial charge in [0.15, 0.2) is 0 Å². The van der Waals surface area contributed by atoms with Gasteiger partial charge >= 0.3 is 12.2 Å². The van der Waals surface area contributed by atoms with E-state index < -0.39 is 5.60 Å². The van der Waals surface area contributed by atoms with E-state index in [1.54, 1.807) is 9.80 Å². The molecule has 0 aliphatic carbocycles. The van der Waals surface area contributed by atoms with E-state index in [1.807, 2.05) is 51.1 Å². The van der Waals surface area contributed by atoms with Crippen LogP contribution in [-0.2, 0) is 20.9 Å². The lowest BCUT2D eigenvalue weighted by atomic mass is 9.75. The summed E-state index contributed by atoms with van der Waals surface area (Å²) in [5.41, 5.74) is 0.0126. The predicted molar refractivity (Wildman–Crippen MR) is 113 cm³/mol. The zero-order valence-electron chi connectivity index (χ0n) is 18.4. The van der Waals surface area contributed by atoms with Gasteiger partial charge in [-0.15, -0.1) is 0 Å². The summed E-state index contributed by atoms with van der Waals surface area (Å²) < 4.78 is 10.9. The highest BCUT2D eigenvalue weighted by molar-refractivity contribution is 5.85. The van der Waals surface area contributed by atoms with E-state index in [9.17, 15) is 14.4 Å². The molecule has 3 amide bonds. The average molecular weight is 430 g/mol. The maximum atomic E-state index is 12.7. The fourth-order valence-corrected chi connectivity index (χ4v) is 4.93. The van der Waals surface area contributed by atoms with Gasteiger partial charge in [-0.05, 0) is 39.2 Å². The lowest BCUT2D eigenvalue weighted by Crippen LogP contribution is -2.56. The Morgan fingerprint density at radius 1 is 1.06 bits per heavy atom. The molecule has 0 saturated carbocycles. The summed E-state index contributed by atoms with van der Waals surface area (Å²) in [6, 6.07) is 9.54.